The maximum Gasteiger partial charge on any atom is 0.264 e. The molecule has 208 valence electrons. The number of amides is 2. The third-order valence-electron chi connectivity index (χ3n) is 6.02. The Morgan fingerprint density at radius 1 is 1.05 bits per heavy atom. The van der Waals surface area contributed by atoms with Crippen LogP contribution in [0.1, 0.15) is 25.8 Å². The van der Waals surface area contributed by atoms with E-state index >= 15 is 0 Å². The number of halogens is 2. The Bertz CT molecular complexity index is 1390. The number of nitrogens with zero attached hydrogens (tertiary/aromatic N) is 2. The molecule has 1 atom stereocenters. The van der Waals surface area contributed by atoms with Gasteiger partial charge in [0.1, 0.15) is 24.2 Å². The smallest absolute Gasteiger partial charge is 0.264 e. The summed E-state index contributed by atoms with van der Waals surface area (Å²) in [4.78, 5) is 27.9. The van der Waals surface area contributed by atoms with Crippen molar-refractivity contribution in [1.82, 2.24) is 10.2 Å². The summed E-state index contributed by atoms with van der Waals surface area (Å²) >= 11 is 6.30. The van der Waals surface area contributed by atoms with Crippen LogP contribution >= 0.6 is 11.6 Å². The molecule has 0 fully saturated rings. The lowest BCUT2D eigenvalue weighted by atomic mass is 10.1. The van der Waals surface area contributed by atoms with Crippen LogP contribution in [0.5, 0.6) is 5.75 Å². The molecule has 8 nitrogen and oxygen atoms in total. The van der Waals surface area contributed by atoms with Crippen LogP contribution in [0.4, 0.5) is 10.1 Å². The van der Waals surface area contributed by atoms with E-state index in [1.165, 1.54) is 66.6 Å². The van der Waals surface area contributed by atoms with Crippen LogP contribution in [-0.2, 0) is 26.2 Å². The first-order chi connectivity index (χ1) is 18.6. The molecule has 3 aromatic rings. The van der Waals surface area contributed by atoms with Gasteiger partial charge in [-0.05, 0) is 61.4 Å². The third-order valence-corrected chi connectivity index (χ3v) is 8.10. The van der Waals surface area contributed by atoms with Gasteiger partial charge >= 0.3 is 0 Å². The first kappa shape index (κ1) is 29.9. The summed E-state index contributed by atoms with van der Waals surface area (Å²) in [7, 11) is -2.79. The zero-order chi connectivity index (χ0) is 28.6. The van der Waals surface area contributed by atoms with Gasteiger partial charge in [-0.1, -0.05) is 48.9 Å². The van der Waals surface area contributed by atoms with E-state index in [1.54, 1.807) is 25.1 Å². The van der Waals surface area contributed by atoms with Crippen molar-refractivity contribution in [3.8, 4) is 5.75 Å². The molecular weight excluding hydrogens is 545 g/mol. The maximum absolute atomic E-state index is 13.8. The third kappa shape index (κ3) is 7.48. The van der Waals surface area contributed by atoms with Crippen LogP contribution < -0.4 is 14.4 Å². The van der Waals surface area contributed by atoms with Crippen LogP contribution in [0.3, 0.4) is 0 Å². The van der Waals surface area contributed by atoms with Crippen LogP contribution in [0, 0.1) is 5.82 Å². The van der Waals surface area contributed by atoms with E-state index in [1.807, 2.05) is 6.92 Å². The molecule has 0 saturated carbocycles. The summed E-state index contributed by atoms with van der Waals surface area (Å²) in [5.74, 6) is -1.13. The Kier molecular flexibility index (Phi) is 10.3. The molecule has 0 aliphatic carbocycles. The monoisotopic (exact) mass is 575 g/mol. The van der Waals surface area contributed by atoms with Gasteiger partial charge in [0.05, 0.1) is 22.7 Å². The summed E-state index contributed by atoms with van der Waals surface area (Å²) in [6.45, 7) is 3.22. The first-order valence-corrected chi connectivity index (χ1v) is 14.1. The van der Waals surface area contributed by atoms with Gasteiger partial charge in [-0.15, -0.1) is 0 Å². The minimum absolute atomic E-state index is 0.0245. The molecule has 3 rings (SSSR count). The van der Waals surface area contributed by atoms with Crippen molar-refractivity contribution in [2.75, 3.05) is 24.5 Å². The average Bonchev–Trinajstić information content (AvgIpc) is 2.94. The van der Waals surface area contributed by atoms with E-state index in [0.717, 1.165) is 4.31 Å². The second-order valence-corrected chi connectivity index (χ2v) is 11.0. The Labute approximate surface area is 233 Å². The Morgan fingerprint density at radius 3 is 2.31 bits per heavy atom. The highest BCUT2D eigenvalue weighted by molar-refractivity contribution is 7.92. The molecule has 11 heteroatoms. The molecule has 0 aliphatic rings. The molecule has 0 aromatic heterocycles. The number of carbonyl (C=O) groups excluding carboxylic acids is 2. The number of rotatable bonds is 12. The second kappa shape index (κ2) is 13.4. The highest BCUT2D eigenvalue weighted by atomic mass is 35.5. The van der Waals surface area contributed by atoms with Crippen LogP contribution in [0.15, 0.2) is 77.7 Å². The fourth-order valence-corrected chi connectivity index (χ4v) is 5.50. The molecule has 0 bridgehead atoms. The minimum atomic E-state index is -4.22. The highest BCUT2D eigenvalue weighted by Crippen LogP contribution is 2.32. The molecule has 39 heavy (non-hydrogen) atoms. The largest absolute Gasteiger partial charge is 0.495 e. The number of nitrogens with one attached hydrogen (secondary N) is 1. The number of hydrogen-bond donors (Lipinski definition) is 1. The predicted molar refractivity (Wildman–Crippen MR) is 149 cm³/mol. The Balaban J connectivity index is 2.03. The number of methoxy groups -OCH3 is 1. The van der Waals surface area contributed by atoms with E-state index in [-0.39, 0.29) is 22.2 Å². The van der Waals surface area contributed by atoms with Crippen LogP contribution in [0.2, 0.25) is 5.02 Å². The topological polar surface area (TPSA) is 96.0 Å². The van der Waals surface area contributed by atoms with Crippen molar-refractivity contribution in [2.45, 2.75) is 37.8 Å². The predicted octanol–water partition coefficient (Wildman–Crippen LogP) is 4.63. The number of ether oxygens (including phenoxy) is 1. The van der Waals surface area contributed by atoms with Gasteiger partial charge in [0.25, 0.3) is 10.0 Å². The lowest BCUT2D eigenvalue weighted by molar-refractivity contribution is -0.139. The number of carbonyl (C=O) groups is 2. The van der Waals surface area contributed by atoms with Crippen molar-refractivity contribution in [1.29, 1.82) is 0 Å². The van der Waals surface area contributed by atoms with Gasteiger partial charge in [0.2, 0.25) is 11.8 Å². The van der Waals surface area contributed by atoms with Crippen molar-refractivity contribution in [2.24, 2.45) is 0 Å². The minimum Gasteiger partial charge on any atom is -0.495 e. The Hall–Kier alpha value is -3.63. The fourth-order valence-electron chi connectivity index (χ4n) is 3.82. The highest BCUT2D eigenvalue weighted by Gasteiger charge is 2.32. The lowest BCUT2D eigenvalue weighted by Crippen LogP contribution is -2.51. The number of anilines is 1. The van der Waals surface area contributed by atoms with Gasteiger partial charge in [0, 0.05) is 13.1 Å². The summed E-state index contributed by atoms with van der Waals surface area (Å²) < 4.78 is 47.2. The van der Waals surface area contributed by atoms with Gasteiger partial charge in [-0.3, -0.25) is 13.9 Å². The molecule has 0 aliphatic heterocycles. The molecule has 0 spiro atoms. The summed E-state index contributed by atoms with van der Waals surface area (Å²) in [5, 5.41) is 2.93. The number of hydrogen-bond acceptors (Lipinski definition) is 5. The Morgan fingerprint density at radius 2 is 1.72 bits per heavy atom. The van der Waals surface area contributed by atoms with E-state index in [2.05, 4.69) is 5.32 Å². The summed E-state index contributed by atoms with van der Waals surface area (Å²) in [6.07, 6.45) is 0.700. The van der Waals surface area contributed by atoms with Gasteiger partial charge in [-0.2, -0.15) is 0 Å². The molecule has 0 radical (unpaired) electrons. The molecule has 0 unspecified atom stereocenters. The number of sulfonamides is 1. The SMILES string of the molecule is CCCNC(=O)[C@H](C)N(Cc1ccc(F)cc1)C(=O)CN(c1ccc(OC)c(Cl)c1)S(=O)(=O)c1ccccc1. The van der Waals surface area contributed by atoms with Gasteiger partial charge < -0.3 is 15.0 Å². The molecule has 1 N–H and O–H groups in total. The van der Waals surface area contributed by atoms with Crippen molar-refractivity contribution in [3.05, 3.63) is 89.2 Å². The van der Waals surface area contributed by atoms with Crippen molar-refractivity contribution < 1.29 is 27.1 Å². The zero-order valence-electron chi connectivity index (χ0n) is 21.9. The first-order valence-electron chi connectivity index (χ1n) is 12.3. The summed E-state index contributed by atoms with van der Waals surface area (Å²) in [6, 6.07) is 16.7. The van der Waals surface area contributed by atoms with Crippen molar-refractivity contribution >= 4 is 39.1 Å². The standard InChI is InChI=1S/C28H31ClFN3O5S/c1-4-16-31-28(35)20(2)32(18-21-10-12-22(30)13-11-21)27(34)19-33(23-14-15-26(38-3)25(29)17-23)39(36,37)24-8-6-5-7-9-24/h5-15,17,20H,4,16,18-19H2,1-3H3,(H,31,35)/t20-/m0/s1. The molecular formula is C28H31ClFN3O5S. The van der Waals surface area contributed by atoms with E-state index < -0.39 is 40.2 Å². The number of benzene rings is 3. The van der Waals surface area contributed by atoms with Gasteiger partial charge in [-0.25, -0.2) is 12.8 Å². The van der Waals surface area contributed by atoms with E-state index in [9.17, 15) is 22.4 Å². The fraction of sp³-hybridized carbons (Fsp3) is 0.286. The molecule has 3 aromatic carbocycles. The van der Waals surface area contributed by atoms with E-state index in [4.69, 9.17) is 16.3 Å². The van der Waals surface area contributed by atoms with Gasteiger partial charge in [0.15, 0.2) is 0 Å². The normalized spacial score (nSPS) is 11.9. The lowest BCUT2D eigenvalue weighted by Gasteiger charge is -2.32. The van der Waals surface area contributed by atoms with Crippen molar-refractivity contribution in [3.63, 3.8) is 0 Å². The van der Waals surface area contributed by atoms with Crippen LogP contribution in [0.25, 0.3) is 0 Å². The second-order valence-electron chi connectivity index (χ2n) is 8.76. The quantitative estimate of drug-likeness (QED) is 0.340. The molecule has 0 saturated heterocycles. The maximum atomic E-state index is 13.8. The van der Waals surface area contributed by atoms with Crippen LogP contribution in [-0.4, -0.2) is 51.4 Å². The zero-order valence-corrected chi connectivity index (χ0v) is 23.5. The summed E-state index contributed by atoms with van der Waals surface area (Å²) in [5.41, 5.74) is 0.715. The molecule has 2 amide bonds. The van der Waals surface area contributed by atoms with E-state index in [0.29, 0.717) is 24.3 Å². The molecule has 0 heterocycles. The average molecular weight is 576 g/mol.